The summed E-state index contributed by atoms with van der Waals surface area (Å²) >= 11 is 11.9. The molecular formula is C15H14Cl2FN. The number of nitrogens with zero attached hydrogens (tertiary/aromatic N) is 1. The summed E-state index contributed by atoms with van der Waals surface area (Å²) in [5.74, 6) is 0.189. The minimum atomic E-state index is -0.227. The summed E-state index contributed by atoms with van der Waals surface area (Å²) in [5.41, 5.74) is 2.87. The average molecular weight is 298 g/mol. The Labute approximate surface area is 122 Å². The van der Waals surface area contributed by atoms with Gasteiger partial charge in [-0.05, 0) is 35.4 Å². The molecule has 0 aliphatic carbocycles. The highest BCUT2D eigenvalue weighted by molar-refractivity contribution is 6.31. The molecule has 0 amide bonds. The van der Waals surface area contributed by atoms with E-state index in [1.165, 1.54) is 12.1 Å². The maximum absolute atomic E-state index is 13.2. The number of rotatable bonds is 4. The molecule has 0 spiro atoms. The number of alkyl halides is 1. The van der Waals surface area contributed by atoms with E-state index in [0.717, 1.165) is 16.8 Å². The van der Waals surface area contributed by atoms with Gasteiger partial charge in [0.15, 0.2) is 0 Å². The molecule has 0 bridgehead atoms. The Balaban J connectivity index is 2.24. The van der Waals surface area contributed by atoms with E-state index in [4.69, 9.17) is 23.2 Å². The largest absolute Gasteiger partial charge is 0.370 e. The number of anilines is 1. The van der Waals surface area contributed by atoms with E-state index in [2.05, 4.69) is 0 Å². The van der Waals surface area contributed by atoms with E-state index in [0.29, 0.717) is 17.4 Å². The summed E-state index contributed by atoms with van der Waals surface area (Å²) < 4.78 is 13.2. The van der Waals surface area contributed by atoms with Crippen molar-refractivity contribution in [3.05, 3.63) is 64.4 Å². The quantitative estimate of drug-likeness (QED) is 0.729. The summed E-state index contributed by atoms with van der Waals surface area (Å²) in [6.07, 6.45) is 0. The SMILES string of the molecule is CN(Cc1cccc(F)c1)c1cc(Cl)ccc1CCl. The van der Waals surface area contributed by atoms with E-state index >= 15 is 0 Å². The van der Waals surface area contributed by atoms with Gasteiger partial charge in [-0.1, -0.05) is 29.8 Å². The van der Waals surface area contributed by atoms with Gasteiger partial charge in [-0.25, -0.2) is 4.39 Å². The minimum absolute atomic E-state index is 0.227. The van der Waals surface area contributed by atoms with Crippen LogP contribution in [0.5, 0.6) is 0 Å². The molecule has 2 aromatic rings. The smallest absolute Gasteiger partial charge is 0.123 e. The molecule has 0 fully saturated rings. The monoisotopic (exact) mass is 297 g/mol. The third kappa shape index (κ3) is 3.62. The second kappa shape index (κ2) is 6.27. The van der Waals surface area contributed by atoms with Gasteiger partial charge in [0, 0.05) is 30.2 Å². The van der Waals surface area contributed by atoms with Crippen molar-refractivity contribution in [2.45, 2.75) is 12.4 Å². The van der Waals surface area contributed by atoms with Gasteiger partial charge in [-0.3, -0.25) is 0 Å². The van der Waals surface area contributed by atoms with Crippen LogP contribution in [0.2, 0.25) is 5.02 Å². The lowest BCUT2D eigenvalue weighted by Gasteiger charge is -2.22. The zero-order valence-corrected chi connectivity index (χ0v) is 12.0. The Morgan fingerprint density at radius 1 is 1.16 bits per heavy atom. The zero-order valence-electron chi connectivity index (χ0n) is 10.5. The van der Waals surface area contributed by atoms with Gasteiger partial charge in [0.1, 0.15) is 5.82 Å². The Kier molecular flexibility index (Phi) is 4.67. The van der Waals surface area contributed by atoms with Crippen molar-refractivity contribution < 1.29 is 4.39 Å². The van der Waals surface area contributed by atoms with Crippen LogP contribution in [0.1, 0.15) is 11.1 Å². The van der Waals surface area contributed by atoms with E-state index in [-0.39, 0.29) is 5.82 Å². The predicted molar refractivity (Wildman–Crippen MR) is 79.5 cm³/mol. The summed E-state index contributed by atoms with van der Waals surface area (Å²) in [6.45, 7) is 0.599. The number of benzene rings is 2. The van der Waals surface area contributed by atoms with Crippen LogP contribution in [0, 0.1) is 5.82 Å². The summed E-state index contributed by atoms with van der Waals surface area (Å²) in [4.78, 5) is 2.01. The highest BCUT2D eigenvalue weighted by Gasteiger charge is 2.08. The third-order valence-corrected chi connectivity index (χ3v) is 3.43. The number of hydrogen-bond donors (Lipinski definition) is 0. The minimum Gasteiger partial charge on any atom is -0.370 e. The first-order valence-corrected chi connectivity index (χ1v) is 6.81. The van der Waals surface area contributed by atoms with Gasteiger partial charge in [0.2, 0.25) is 0 Å². The predicted octanol–water partition coefficient (Wildman–Crippen LogP) is 4.85. The molecule has 0 unspecified atom stereocenters. The number of hydrogen-bond acceptors (Lipinski definition) is 1. The van der Waals surface area contributed by atoms with Crippen molar-refractivity contribution in [3.63, 3.8) is 0 Å². The second-order valence-corrected chi connectivity index (χ2v) is 5.10. The highest BCUT2D eigenvalue weighted by atomic mass is 35.5. The van der Waals surface area contributed by atoms with E-state index in [1.54, 1.807) is 6.07 Å². The highest BCUT2D eigenvalue weighted by Crippen LogP contribution is 2.26. The van der Waals surface area contributed by atoms with Gasteiger partial charge >= 0.3 is 0 Å². The molecule has 0 N–H and O–H groups in total. The van der Waals surface area contributed by atoms with Crippen molar-refractivity contribution >= 4 is 28.9 Å². The van der Waals surface area contributed by atoms with Gasteiger partial charge < -0.3 is 4.90 Å². The van der Waals surface area contributed by atoms with Crippen molar-refractivity contribution in [1.29, 1.82) is 0 Å². The lowest BCUT2D eigenvalue weighted by Crippen LogP contribution is -2.17. The van der Waals surface area contributed by atoms with Crippen molar-refractivity contribution in [3.8, 4) is 0 Å². The summed E-state index contributed by atoms with van der Waals surface area (Å²) in [5, 5.41) is 0.662. The molecule has 0 saturated heterocycles. The normalized spacial score (nSPS) is 10.5. The Morgan fingerprint density at radius 2 is 1.95 bits per heavy atom. The third-order valence-electron chi connectivity index (χ3n) is 2.91. The fourth-order valence-electron chi connectivity index (χ4n) is 2.00. The fourth-order valence-corrected chi connectivity index (χ4v) is 2.39. The molecule has 2 aromatic carbocycles. The molecule has 0 aliphatic rings. The lowest BCUT2D eigenvalue weighted by atomic mass is 10.1. The average Bonchev–Trinajstić information content (AvgIpc) is 2.38. The van der Waals surface area contributed by atoms with Gasteiger partial charge in [-0.15, -0.1) is 11.6 Å². The fraction of sp³-hybridized carbons (Fsp3) is 0.200. The van der Waals surface area contributed by atoms with E-state index in [1.807, 2.05) is 36.2 Å². The summed E-state index contributed by atoms with van der Waals surface area (Å²) in [6, 6.07) is 12.2. The van der Waals surface area contributed by atoms with Crippen LogP contribution in [0.15, 0.2) is 42.5 Å². The molecule has 0 heterocycles. The summed E-state index contributed by atoms with van der Waals surface area (Å²) in [7, 11) is 1.94. The van der Waals surface area contributed by atoms with E-state index in [9.17, 15) is 4.39 Å². The zero-order chi connectivity index (χ0) is 13.8. The molecule has 0 atom stereocenters. The van der Waals surface area contributed by atoms with Gasteiger partial charge in [0.05, 0.1) is 0 Å². The molecule has 1 nitrogen and oxygen atoms in total. The molecule has 19 heavy (non-hydrogen) atoms. The Bertz CT molecular complexity index is 572. The molecule has 2 rings (SSSR count). The van der Waals surface area contributed by atoms with Gasteiger partial charge in [0.25, 0.3) is 0 Å². The molecule has 0 saturated carbocycles. The van der Waals surface area contributed by atoms with Crippen LogP contribution in [0.4, 0.5) is 10.1 Å². The molecule has 100 valence electrons. The van der Waals surface area contributed by atoms with Gasteiger partial charge in [-0.2, -0.15) is 0 Å². The van der Waals surface area contributed by atoms with Crippen LogP contribution in [-0.2, 0) is 12.4 Å². The number of halogens is 3. The van der Waals surface area contributed by atoms with Crippen molar-refractivity contribution in [2.24, 2.45) is 0 Å². The molecule has 0 aromatic heterocycles. The van der Waals surface area contributed by atoms with Crippen LogP contribution in [0.25, 0.3) is 0 Å². The lowest BCUT2D eigenvalue weighted by molar-refractivity contribution is 0.625. The second-order valence-electron chi connectivity index (χ2n) is 4.39. The Morgan fingerprint density at radius 3 is 2.63 bits per heavy atom. The first kappa shape index (κ1) is 14.2. The Hall–Kier alpha value is -1.25. The maximum atomic E-state index is 13.2. The van der Waals surface area contributed by atoms with Crippen LogP contribution in [-0.4, -0.2) is 7.05 Å². The molecule has 0 aliphatic heterocycles. The molecule has 0 radical (unpaired) electrons. The van der Waals surface area contributed by atoms with Crippen LogP contribution in [0.3, 0.4) is 0 Å². The first-order valence-electron chi connectivity index (χ1n) is 5.90. The molecular weight excluding hydrogens is 284 g/mol. The standard InChI is InChI=1S/C15H14Cl2FN/c1-19(10-11-3-2-4-14(18)7-11)15-8-13(17)6-5-12(15)9-16/h2-8H,9-10H2,1H3. The maximum Gasteiger partial charge on any atom is 0.123 e. The van der Waals surface area contributed by atoms with Crippen molar-refractivity contribution in [2.75, 3.05) is 11.9 Å². The molecule has 4 heteroatoms. The van der Waals surface area contributed by atoms with Crippen LogP contribution < -0.4 is 4.90 Å². The first-order chi connectivity index (χ1) is 9.10. The van der Waals surface area contributed by atoms with Crippen LogP contribution >= 0.6 is 23.2 Å². The van der Waals surface area contributed by atoms with E-state index < -0.39 is 0 Å². The van der Waals surface area contributed by atoms with Crippen molar-refractivity contribution in [1.82, 2.24) is 0 Å². The topological polar surface area (TPSA) is 3.24 Å².